The maximum Gasteiger partial charge on any atom is 0.244 e. The van der Waals surface area contributed by atoms with Gasteiger partial charge in [0.1, 0.15) is 5.75 Å². The number of nitrogens with one attached hydrogen (secondary N) is 1. The summed E-state index contributed by atoms with van der Waals surface area (Å²) in [5, 5.41) is 2.97. The highest BCUT2D eigenvalue weighted by molar-refractivity contribution is 5.92. The van der Waals surface area contributed by atoms with E-state index in [0.29, 0.717) is 6.61 Å². The molecular formula is C20H30N2O2. The van der Waals surface area contributed by atoms with Crippen molar-refractivity contribution in [2.75, 3.05) is 32.8 Å². The van der Waals surface area contributed by atoms with E-state index in [2.05, 4.69) is 10.2 Å². The number of hydrogen-bond acceptors (Lipinski definition) is 3. The molecule has 0 radical (unpaired) electrons. The Labute approximate surface area is 145 Å². The highest BCUT2D eigenvalue weighted by Crippen LogP contribution is 2.19. The highest BCUT2D eigenvalue weighted by atomic mass is 16.5. The van der Waals surface area contributed by atoms with Crippen LogP contribution in [0, 0.1) is 0 Å². The molecule has 0 unspecified atom stereocenters. The summed E-state index contributed by atoms with van der Waals surface area (Å²) in [7, 11) is 0. The molecule has 1 saturated heterocycles. The molecule has 0 spiro atoms. The number of likely N-dealkylation sites (tertiary alicyclic amines) is 1. The Morgan fingerprint density at radius 3 is 2.71 bits per heavy atom. The normalized spacial score (nSPS) is 16.0. The van der Waals surface area contributed by atoms with E-state index in [-0.39, 0.29) is 5.91 Å². The minimum Gasteiger partial charge on any atom is -0.493 e. The zero-order valence-corrected chi connectivity index (χ0v) is 14.8. The Kier molecular flexibility index (Phi) is 8.39. The maximum absolute atomic E-state index is 11.9. The van der Waals surface area contributed by atoms with Crippen LogP contribution < -0.4 is 10.1 Å². The topological polar surface area (TPSA) is 41.6 Å². The molecule has 1 N–H and O–H groups in total. The van der Waals surface area contributed by atoms with Crippen LogP contribution in [0.15, 0.2) is 30.3 Å². The SMILES string of the molecule is CCOc1ccccc1/C=C/C(=O)NCCCN1CCCCCC1. The van der Waals surface area contributed by atoms with Crippen LogP contribution >= 0.6 is 0 Å². The quantitative estimate of drug-likeness (QED) is 0.586. The van der Waals surface area contributed by atoms with Gasteiger partial charge in [-0.2, -0.15) is 0 Å². The molecule has 2 rings (SSSR count). The number of ether oxygens (including phenoxy) is 1. The Hall–Kier alpha value is -1.81. The number of carbonyl (C=O) groups excluding carboxylic acids is 1. The number of nitrogens with zero attached hydrogens (tertiary/aromatic N) is 1. The van der Waals surface area contributed by atoms with Crippen molar-refractivity contribution in [3.05, 3.63) is 35.9 Å². The summed E-state index contributed by atoms with van der Waals surface area (Å²) in [6.45, 7) is 6.80. The van der Waals surface area contributed by atoms with E-state index in [1.807, 2.05) is 37.3 Å². The predicted octanol–water partition coefficient (Wildman–Crippen LogP) is 3.48. The van der Waals surface area contributed by atoms with Gasteiger partial charge in [-0.15, -0.1) is 0 Å². The van der Waals surface area contributed by atoms with Gasteiger partial charge >= 0.3 is 0 Å². The molecule has 132 valence electrons. The zero-order chi connectivity index (χ0) is 17.0. The average Bonchev–Trinajstić information content (AvgIpc) is 2.87. The summed E-state index contributed by atoms with van der Waals surface area (Å²) < 4.78 is 5.56. The van der Waals surface area contributed by atoms with Crippen LogP contribution in [0.4, 0.5) is 0 Å². The standard InChI is InChI=1S/C20H30N2O2/c1-2-24-19-11-6-5-10-18(19)12-13-20(23)21-14-9-17-22-15-7-3-4-8-16-22/h5-6,10-13H,2-4,7-9,14-17H2,1H3,(H,21,23)/b13-12+. The molecule has 0 bridgehead atoms. The van der Waals surface area contributed by atoms with Crippen molar-refractivity contribution in [2.45, 2.75) is 39.0 Å². The number of amides is 1. The molecule has 0 aliphatic carbocycles. The van der Waals surface area contributed by atoms with Gasteiger partial charge in [-0.05, 0) is 58.0 Å². The van der Waals surface area contributed by atoms with Gasteiger partial charge in [0.25, 0.3) is 0 Å². The number of hydrogen-bond donors (Lipinski definition) is 1. The first kappa shape index (κ1) is 18.5. The summed E-state index contributed by atoms with van der Waals surface area (Å²) in [4.78, 5) is 14.5. The van der Waals surface area contributed by atoms with Crippen LogP contribution in [0.5, 0.6) is 5.75 Å². The molecule has 0 aromatic heterocycles. The van der Waals surface area contributed by atoms with Crippen LogP contribution in [0.2, 0.25) is 0 Å². The number of para-hydroxylation sites is 1. The van der Waals surface area contributed by atoms with Gasteiger partial charge in [0.15, 0.2) is 0 Å². The maximum atomic E-state index is 11.9. The van der Waals surface area contributed by atoms with Gasteiger partial charge in [-0.1, -0.05) is 31.0 Å². The molecule has 1 aliphatic heterocycles. The second kappa shape index (κ2) is 10.9. The van der Waals surface area contributed by atoms with Gasteiger partial charge in [-0.25, -0.2) is 0 Å². The fourth-order valence-electron chi connectivity index (χ4n) is 3.00. The lowest BCUT2D eigenvalue weighted by Crippen LogP contribution is -2.30. The molecule has 1 aromatic rings. The van der Waals surface area contributed by atoms with E-state index < -0.39 is 0 Å². The van der Waals surface area contributed by atoms with Crippen molar-refractivity contribution in [3.63, 3.8) is 0 Å². The third kappa shape index (κ3) is 6.75. The van der Waals surface area contributed by atoms with E-state index in [9.17, 15) is 4.79 Å². The predicted molar refractivity (Wildman–Crippen MR) is 99.2 cm³/mol. The van der Waals surface area contributed by atoms with Crippen molar-refractivity contribution in [2.24, 2.45) is 0 Å². The monoisotopic (exact) mass is 330 g/mol. The number of rotatable bonds is 8. The van der Waals surface area contributed by atoms with Gasteiger partial charge in [0.05, 0.1) is 6.61 Å². The second-order valence-electron chi connectivity index (χ2n) is 6.20. The van der Waals surface area contributed by atoms with E-state index >= 15 is 0 Å². The fourth-order valence-corrected chi connectivity index (χ4v) is 3.00. The summed E-state index contributed by atoms with van der Waals surface area (Å²) in [6.07, 6.45) is 9.76. The van der Waals surface area contributed by atoms with E-state index in [0.717, 1.165) is 30.8 Å². The first-order chi connectivity index (χ1) is 11.8. The third-order valence-electron chi connectivity index (χ3n) is 4.28. The van der Waals surface area contributed by atoms with E-state index in [1.54, 1.807) is 6.08 Å². The smallest absolute Gasteiger partial charge is 0.244 e. The molecule has 1 aromatic carbocycles. The lowest BCUT2D eigenvalue weighted by molar-refractivity contribution is -0.116. The fraction of sp³-hybridized carbons (Fsp3) is 0.550. The first-order valence-corrected chi connectivity index (χ1v) is 9.19. The van der Waals surface area contributed by atoms with Crippen LogP contribution in [0.25, 0.3) is 6.08 Å². The van der Waals surface area contributed by atoms with E-state index in [1.165, 1.54) is 38.8 Å². The minimum absolute atomic E-state index is 0.0443. The van der Waals surface area contributed by atoms with Crippen molar-refractivity contribution in [1.82, 2.24) is 10.2 Å². The molecule has 4 nitrogen and oxygen atoms in total. The Balaban J connectivity index is 1.69. The lowest BCUT2D eigenvalue weighted by Gasteiger charge is -2.19. The molecule has 1 heterocycles. The summed E-state index contributed by atoms with van der Waals surface area (Å²) in [5.41, 5.74) is 0.930. The molecule has 1 amide bonds. The van der Waals surface area contributed by atoms with Crippen LogP contribution in [-0.4, -0.2) is 43.6 Å². The van der Waals surface area contributed by atoms with Gasteiger partial charge in [-0.3, -0.25) is 4.79 Å². The number of carbonyl (C=O) groups is 1. The van der Waals surface area contributed by atoms with Crippen LogP contribution in [0.3, 0.4) is 0 Å². The highest BCUT2D eigenvalue weighted by Gasteiger charge is 2.08. The van der Waals surface area contributed by atoms with Gasteiger partial charge < -0.3 is 15.0 Å². The summed E-state index contributed by atoms with van der Waals surface area (Å²) in [5.74, 6) is 0.766. The summed E-state index contributed by atoms with van der Waals surface area (Å²) >= 11 is 0. The van der Waals surface area contributed by atoms with E-state index in [4.69, 9.17) is 4.74 Å². The van der Waals surface area contributed by atoms with Crippen molar-refractivity contribution in [3.8, 4) is 5.75 Å². The summed E-state index contributed by atoms with van der Waals surface area (Å²) in [6, 6.07) is 7.75. The molecular weight excluding hydrogens is 300 g/mol. The Bertz CT molecular complexity index is 520. The van der Waals surface area contributed by atoms with Gasteiger partial charge in [0.2, 0.25) is 5.91 Å². The third-order valence-corrected chi connectivity index (χ3v) is 4.28. The van der Waals surface area contributed by atoms with Crippen molar-refractivity contribution >= 4 is 12.0 Å². The van der Waals surface area contributed by atoms with Crippen LogP contribution in [-0.2, 0) is 4.79 Å². The Morgan fingerprint density at radius 2 is 1.96 bits per heavy atom. The number of benzene rings is 1. The molecule has 4 heteroatoms. The molecule has 1 fully saturated rings. The largest absolute Gasteiger partial charge is 0.493 e. The molecule has 24 heavy (non-hydrogen) atoms. The lowest BCUT2D eigenvalue weighted by atomic mass is 10.2. The van der Waals surface area contributed by atoms with Gasteiger partial charge in [0, 0.05) is 18.2 Å². The van der Waals surface area contributed by atoms with Crippen molar-refractivity contribution < 1.29 is 9.53 Å². The molecule has 0 atom stereocenters. The van der Waals surface area contributed by atoms with Crippen molar-refractivity contribution in [1.29, 1.82) is 0 Å². The minimum atomic E-state index is -0.0443. The second-order valence-corrected chi connectivity index (χ2v) is 6.20. The Morgan fingerprint density at radius 1 is 1.21 bits per heavy atom. The average molecular weight is 330 g/mol. The molecule has 1 aliphatic rings. The van der Waals surface area contributed by atoms with Crippen LogP contribution in [0.1, 0.15) is 44.6 Å². The zero-order valence-electron chi connectivity index (χ0n) is 14.8. The first-order valence-electron chi connectivity index (χ1n) is 9.19. The molecule has 0 saturated carbocycles.